The Kier molecular flexibility index (Phi) is 5.35. The molecule has 0 aromatic heterocycles. The van der Waals surface area contributed by atoms with Gasteiger partial charge in [0.15, 0.2) is 0 Å². The van der Waals surface area contributed by atoms with Crippen molar-refractivity contribution in [3.63, 3.8) is 0 Å². The maximum atomic E-state index is 11.0. The molecular weight excluding hydrogens is 266 g/mol. The molecule has 4 heteroatoms. The molecule has 0 radical (unpaired) electrons. The highest BCUT2D eigenvalue weighted by Gasteiger charge is 2.16. The van der Waals surface area contributed by atoms with Gasteiger partial charge in [0.05, 0.1) is 0 Å². The molecule has 0 heterocycles. The first kappa shape index (κ1) is 15.1. The first-order chi connectivity index (χ1) is 10.2. The van der Waals surface area contributed by atoms with E-state index >= 15 is 0 Å². The smallest absolute Gasteiger partial charge is 0.324 e. The molecule has 0 saturated heterocycles. The van der Waals surface area contributed by atoms with Crippen LogP contribution in [0.5, 0.6) is 5.75 Å². The van der Waals surface area contributed by atoms with Crippen LogP contribution >= 0.6 is 0 Å². The number of aliphatic carboxylic acids is 1. The molecule has 0 amide bonds. The van der Waals surface area contributed by atoms with Crippen LogP contribution in [-0.2, 0) is 4.79 Å². The third kappa shape index (κ3) is 4.33. The summed E-state index contributed by atoms with van der Waals surface area (Å²) in [7, 11) is 0. The van der Waals surface area contributed by atoms with E-state index in [1.807, 2.05) is 61.5 Å². The quantitative estimate of drug-likeness (QED) is 0.821. The maximum Gasteiger partial charge on any atom is 0.324 e. The summed E-state index contributed by atoms with van der Waals surface area (Å²) in [5.41, 5.74) is 2.24. The Morgan fingerprint density at radius 2 is 1.71 bits per heavy atom. The van der Waals surface area contributed by atoms with Gasteiger partial charge in [0, 0.05) is 0 Å². The highest BCUT2D eigenvalue weighted by molar-refractivity contribution is 5.73. The van der Waals surface area contributed by atoms with E-state index in [1.54, 1.807) is 0 Å². The zero-order valence-corrected chi connectivity index (χ0v) is 12.0. The Morgan fingerprint density at radius 3 is 2.29 bits per heavy atom. The van der Waals surface area contributed by atoms with Crippen LogP contribution in [0.4, 0.5) is 0 Å². The van der Waals surface area contributed by atoms with E-state index in [0.29, 0.717) is 12.3 Å². The summed E-state index contributed by atoms with van der Waals surface area (Å²) in [5, 5.41) is 11.9. The van der Waals surface area contributed by atoms with Crippen molar-refractivity contribution in [2.45, 2.75) is 13.0 Å². The lowest BCUT2D eigenvalue weighted by atomic mass is 10.1. The van der Waals surface area contributed by atoms with Crippen LogP contribution in [0, 0.1) is 0 Å². The van der Waals surface area contributed by atoms with Crippen LogP contribution in [0.3, 0.4) is 0 Å². The molecule has 4 nitrogen and oxygen atoms in total. The third-order valence-corrected chi connectivity index (χ3v) is 3.13. The number of carboxylic acid groups (broad SMARTS) is 1. The van der Waals surface area contributed by atoms with Gasteiger partial charge in [-0.2, -0.15) is 0 Å². The van der Waals surface area contributed by atoms with Gasteiger partial charge in [-0.3, -0.25) is 4.79 Å². The number of carboxylic acids is 1. The van der Waals surface area contributed by atoms with Crippen molar-refractivity contribution in [3.8, 4) is 16.9 Å². The molecule has 21 heavy (non-hydrogen) atoms. The van der Waals surface area contributed by atoms with Gasteiger partial charge >= 0.3 is 5.97 Å². The van der Waals surface area contributed by atoms with E-state index in [4.69, 9.17) is 9.84 Å². The molecule has 0 aliphatic rings. The normalized spacial score (nSPS) is 11.9. The minimum Gasteiger partial charge on any atom is -0.491 e. The zero-order valence-electron chi connectivity index (χ0n) is 12.0. The molecule has 0 saturated carbocycles. The van der Waals surface area contributed by atoms with Gasteiger partial charge in [-0.25, -0.2) is 0 Å². The van der Waals surface area contributed by atoms with E-state index in [9.17, 15) is 4.79 Å². The van der Waals surface area contributed by atoms with Crippen LogP contribution in [0.15, 0.2) is 54.6 Å². The van der Waals surface area contributed by atoms with Gasteiger partial charge in [-0.1, -0.05) is 49.4 Å². The van der Waals surface area contributed by atoms with Gasteiger partial charge in [0.2, 0.25) is 0 Å². The molecule has 2 aromatic carbocycles. The Hall–Kier alpha value is -2.33. The number of hydrogen-bond acceptors (Lipinski definition) is 3. The van der Waals surface area contributed by atoms with Crippen LogP contribution in [-0.4, -0.2) is 30.3 Å². The van der Waals surface area contributed by atoms with Crippen molar-refractivity contribution < 1.29 is 14.6 Å². The highest BCUT2D eigenvalue weighted by atomic mass is 16.5. The number of likely N-dealkylation sites (N-methyl/N-ethyl adjacent to an activating group) is 1. The van der Waals surface area contributed by atoms with Crippen molar-refractivity contribution in [1.82, 2.24) is 5.32 Å². The fraction of sp³-hybridized carbons (Fsp3) is 0.235. The second kappa shape index (κ2) is 7.45. The van der Waals surface area contributed by atoms with Crippen LogP contribution < -0.4 is 10.1 Å². The molecule has 0 aliphatic carbocycles. The molecule has 2 aromatic rings. The Bertz CT molecular complexity index is 566. The van der Waals surface area contributed by atoms with Gasteiger partial charge in [0.25, 0.3) is 0 Å². The topological polar surface area (TPSA) is 58.6 Å². The first-order valence-electron chi connectivity index (χ1n) is 6.95. The number of ether oxygens (including phenoxy) is 1. The predicted molar refractivity (Wildman–Crippen MR) is 82.5 cm³/mol. The molecule has 0 spiro atoms. The number of carbonyl (C=O) groups is 1. The Morgan fingerprint density at radius 1 is 1.10 bits per heavy atom. The van der Waals surface area contributed by atoms with Crippen molar-refractivity contribution >= 4 is 5.97 Å². The fourth-order valence-corrected chi connectivity index (χ4v) is 2.02. The molecule has 1 unspecified atom stereocenters. The number of nitrogens with one attached hydrogen (secondary N) is 1. The van der Waals surface area contributed by atoms with Crippen molar-refractivity contribution in [3.05, 3.63) is 54.6 Å². The van der Waals surface area contributed by atoms with Crippen molar-refractivity contribution in [2.24, 2.45) is 0 Å². The minimum atomic E-state index is -0.905. The van der Waals surface area contributed by atoms with E-state index < -0.39 is 12.0 Å². The number of hydrogen-bond donors (Lipinski definition) is 2. The van der Waals surface area contributed by atoms with Crippen LogP contribution in [0.25, 0.3) is 11.1 Å². The summed E-state index contributed by atoms with van der Waals surface area (Å²) < 4.78 is 5.53. The summed E-state index contributed by atoms with van der Waals surface area (Å²) in [6, 6.07) is 17.0. The second-order valence-electron chi connectivity index (χ2n) is 4.65. The molecule has 0 aliphatic heterocycles. The first-order valence-corrected chi connectivity index (χ1v) is 6.95. The van der Waals surface area contributed by atoms with Gasteiger partial charge in [-0.15, -0.1) is 0 Å². The molecule has 2 N–H and O–H groups in total. The second-order valence-corrected chi connectivity index (χ2v) is 4.65. The predicted octanol–water partition coefficient (Wildman–Crippen LogP) is 2.80. The fourth-order valence-electron chi connectivity index (χ4n) is 2.02. The van der Waals surface area contributed by atoms with Crippen LogP contribution in [0.2, 0.25) is 0 Å². The lowest BCUT2D eigenvalue weighted by molar-refractivity contribution is -0.140. The van der Waals surface area contributed by atoms with Gasteiger partial charge in [0.1, 0.15) is 18.4 Å². The lowest BCUT2D eigenvalue weighted by Gasteiger charge is -2.14. The largest absolute Gasteiger partial charge is 0.491 e. The molecule has 2 rings (SSSR count). The molecular formula is C17H19NO3. The van der Waals surface area contributed by atoms with E-state index in [2.05, 4.69) is 5.32 Å². The Balaban J connectivity index is 1.98. The van der Waals surface area contributed by atoms with Gasteiger partial charge < -0.3 is 15.2 Å². The third-order valence-electron chi connectivity index (χ3n) is 3.13. The van der Waals surface area contributed by atoms with E-state index in [-0.39, 0.29) is 6.61 Å². The van der Waals surface area contributed by atoms with Gasteiger partial charge in [-0.05, 0) is 29.8 Å². The van der Waals surface area contributed by atoms with Crippen molar-refractivity contribution in [2.75, 3.05) is 13.2 Å². The Labute approximate surface area is 124 Å². The SMILES string of the molecule is CCNC(COc1ccc(-c2ccccc2)cc1)C(=O)O. The number of rotatable bonds is 7. The number of benzene rings is 2. The average Bonchev–Trinajstić information content (AvgIpc) is 2.52. The average molecular weight is 285 g/mol. The van der Waals surface area contributed by atoms with E-state index in [0.717, 1.165) is 11.1 Å². The summed E-state index contributed by atoms with van der Waals surface area (Å²) >= 11 is 0. The summed E-state index contributed by atoms with van der Waals surface area (Å²) in [5.74, 6) is -0.239. The van der Waals surface area contributed by atoms with Crippen LogP contribution in [0.1, 0.15) is 6.92 Å². The lowest BCUT2D eigenvalue weighted by Crippen LogP contribution is -2.41. The van der Waals surface area contributed by atoms with E-state index in [1.165, 1.54) is 0 Å². The molecule has 1 atom stereocenters. The standard InChI is InChI=1S/C17H19NO3/c1-2-18-16(17(19)20)12-21-15-10-8-14(9-11-15)13-6-4-3-5-7-13/h3-11,16,18H,2,12H2,1H3,(H,19,20). The highest BCUT2D eigenvalue weighted by Crippen LogP contribution is 2.22. The zero-order chi connectivity index (χ0) is 15.1. The summed E-state index contributed by atoms with van der Waals surface area (Å²) in [6.45, 7) is 2.56. The molecule has 110 valence electrons. The summed E-state index contributed by atoms with van der Waals surface area (Å²) in [4.78, 5) is 11.0. The maximum absolute atomic E-state index is 11.0. The minimum absolute atomic E-state index is 0.105. The van der Waals surface area contributed by atoms with Crippen molar-refractivity contribution in [1.29, 1.82) is 0 Å². The monoisotopic (exact) mass is 285 g/mol. The molecule has 0 fully saturated rings. The molecule has 0 bridgehead atoms. The summed E-state index contributed by atoms with van der Waals surface area (Å²) in [6.07, 6.45) is 0.